The van der Waals surface area contributed by atoms with Gasteiger partial charge in [-0.1, -0.05) is 0 Å². The van der Waals surface area contributed by atoms with E-state index >= 15 is 0 Å². The Morgan fingerprint density at radius 1 is 1.41 bits per heavy atom. The van der Waals surface area contributed by atoms with Crippen LogP contribution in [0, 0.1) is 21.7 Å². The van der Waals surface area contributed by atoms with Gasteiger partial charge in [-0.15, -0.1) is 0 Å². The van der Waals surface area contributed by atoms with Crippen LogP contribution >= 0.6 is 0 Å². The van der Waals surface area contributed by atoms with Crippen LogP contribution in [0.4, 0.5) is 14.5 Å². The number of halogens is 2. The molecule has 0 aliphatic carbocycles. The van der Waals surface area contributed by atoms with Crippen LogP contribution in [0.3, 0.4) is 0 Å². The monoisotopic (exact) mass is 242 g/mol. The van der Waals surface area contributed by atoms with Crippen LogP contribution in [-0.2, 0) is 0 Å². The molecule has 0 radical (unpaired) electrons. The minimum Gasteiger partial charge on any atom is -0.316 e. The smallest absolute Gasteiger partial charge is 0.305 e. The van der Waals surface area contributed by atoms with Crippen molar-refractivity contribution >= 4 is 5.69 Å². The van der Waals surface area contributed by atoms with Gasteiger partial charge < -0.3 is 5.32 Å². The average molecular weight is 242 g/mol. The van der Waals surface area contributed by atoms with Gasteiger partial charge in [0.2, 0.25) is 5.82 Å². The second-order valence-electron chi connectivity index (χ2n) is 4.09. The van der Waals surface area contributed by atoms with E-state index in [0.29, 0.717) is 13.0 Å². The van der Waals surface area contributed by atoms with Crippen molar-refractivity contribution in [2.45, 2.75) is 18.8 Å². The number of piperidine rings is 1. The summed E-state index contributed by atoms with van der Waals surface area (Å²) in [5, 5.41) is 13.6. The predicted octanol–water partition coefficient (Wildman–Crippen LogP) is 2.34. The highest BCUT2D eigenvalue weighted by atomic mass is 19.1. The van der Waals surface area contributed by atoms with E-state index in [2.05, 4.69) is 5.32 Å². The Balaban J connectivity index is 2.43. The number of hydrogen-bond donors (Lipinski definition) is 1. The van der Waals surface area contributed by atoms with Crippen molar-refractivity contribution in [2.75, 3.05) is 13.1 Å². The van der Waals surface area contributed by atoms with E-state index in [4.69, 9.17) is 0 Å². The van der Waals surface area contributed by atoms with Gasteiger partial charge in [-0.25, -0.2) is 4.39 Å². The molecule has 0 spiro atoms. The molecule has 1 heterocycles. The van der Waals surface area contributed by atoms with Crippen LogP contribution in [0.5, 0.6) is 0 Å². The third-order valence-corrected chi connectivity index (χ3v) is 3.01. The summed E-state index contributed by atoms with van der Waals surface area (Å²) >= 11 is 0. The van der Waals surface area contributed by atoms with Crippen molar-refractivity contribution in [3.8, 4) is 0 Å². The molecule has 0 amide bonds. The van der Waals surface area contributed by atoms with Crippen molar-refractivity contribution in [3.63, 3.8) is 0 Å². The third-order valence-electron chi connectivity index (χ3n) is 3.01. The maximum Gasteiger partial charge on any atom is 0.305 e. The van der Waals surface area contributed by atoms with Gasteiger partial charge in [0.15, 0.2) is 0 Å². The summed E-state index contributed by atoms with van der Waals surface area (Å²) in [5.41, 5.74) is -0.821. The molecule has 1 fully saturated rings. The fourth-order valence-electron chi connectivity index (χ4n) is 2.17. The molecule has 0 aromatic heterocycles. The van der Waals surface area contributed by atoms with Crippen molar-refractivity contribution in [1.29, 1.82) is 0 Å². The molecule has 1 N–H and O–H groups in total. The van der Waals surface area contributed by atoms with E-state index in [9.17, 15) is 18.9 Å². The van der Waals surface area contributed by atoms with E-state index in [1.807, 2.05) is 0 Å². The second kappa shape index (κ2) is 4.75. The fraction of sp³-hybridized carbons (Fsp3) is 0.455. The van der Waals surface area contributed by atoms with E-state index in [0.717, 1.165) is 25.1 Å². The maximum absolute atomic E-state index is 13.9. The first kappa shape index (κ1) is 11.9. The zero-order chi connectivity index (χ0) is 12.4. The molecule has 1 atom stereocenters. The van der Waals surface area contributed by atoms with Crippen molar-refractivity contribution in [3.05, 3.63) is 39.4 Å². The lowest BCUT2D eigenvalue weighted by Gasteiger charge is -2.23. The first-order valence-corrected chi connectivity index (χ1v) is 5.44. The SMILES string of the molecule is O=[N+]([O-])c1ccc(F)c(C2CCCNC2)c1F. The Morgan fingerprint density at radius 3 is 2.76 bits per heavy atom. The standard InChI is InChI=1S/C11H12F2N2O2/c12-8-3-4-9(15(16)17)11(13)10(8)7-2-1-5-14-6-7/h3-4,7,14H,1-2,5-6H2. The van der Waals surface area contributed by atoms with E-state index < -0.39 is 22.2 Å². The number of nitro groups is 1. The first-order valence-electron chi connectivity index (χ1n) is 5.44. The molecule has 2 rings (SSSR count). The second-order valence-corrected chi connectivity index (χ2v) is 4.09. The number of nitro benzene ring substituents is 1. The zero-order valence-electron chi connectivity index (χ0n) is 9.08. The molecule has 17 heavy (non-hydrogen) atoms. The topological polar surface area (TPSA) is 55.2 Å². The molecule has 1 saturated heterocycles. The minimum absolute atomic E-state index is 0.161. The van der Waals surface area contributed by atoms with Crippen LogP contribution in [0.25, 0.3) is 0 Å². The number of hydrogen-bond acceptors (Lipinski definition) is 3. The molecule has 0 saturated carbocycles. The van der Waals surface area contributed by atoms with Crippen LogP contribution in [-0.4, -0.2) is 18.0 Å². The summed E-state index contributed by atoms with van der Waals surface area (Å²) < 4.78 is 27.4. The normalized spacial score (nSPS) is 20.2. The lowest BCUT2D eigenvalue weighted by atomic mass is 9.90. The first-order chi connectivity index (χ1) is 8.11. The predicted molar refractivity (Wildman–Crippen MR) is 57.9 cm³/mol. The van der Waals surface area contributed by atoms with Gasteiger partial charge in [-0.3, -0.25) is 10.1 Å². The summed E-state index contributed by atoms with van der Waals surface area (Å²) in [4.78, 5) is 9.77. The Labute approximate surface area is 96.8 Å². The minimum atomic E-state index is -1.04. The average Bonchev–Trinajstić information content (AvgIpc) is 2.30. The van der Waals surface area contributed by atoms with Gasteiger partial charge in [0.1, 0.15) is 5.82 Å². The summed E-state index contributed by atoms with van der Waals surface area (Å²) in [6.07, 6.45) is 1.45. The summed E-state index contributed by atoms with van der Waals surface area (Å²) in [6, 6.07) is 1.83. The Kier molecular flexibility index (Phi) is 3.33. The summed E-state index contributed by atoms with van der Waals surface area (Å²) in [6.45, 7) is 1.27. The van der Waals surface area contributed by atoms with Gasteiger partial charge in [0.05, 0.1) is 4.92 Å². The lowest BCUT2D eigenvalue weighted by Crippen LogP contribution is -2.29. The lowest BCUT2D eigenvalue weighted by molar-refractivity contribution is -0.387. The highest BCUT2D eigenvalue weighted by Crippen LogP contribution is 2.32. The summed E-state index contributed by atoms with van der Waals surface area (Å²) in [5.74, 6) is -2.07. The Hall–Kier alpha value is -1.56. The van der Waals surface area contributed by atoms with E-state index in [-0.39, 0.29) is 11.5 Å². The van der Waals surface area contributed by atoms with Crippen molar-refractivity contribution in [2.24, 2.45) is 0 Å². The van der Waals surface area contributed by atoms with E-state index in [1.54, 1.807) is 0 Å². The molecule has 92 valence electrons. The van der Waals surface area contributed by atoms with Gasteiger partial charge in [0, 0.05) is 24.1 Å². The van der Waals surface area contributed by atoms with Crippen molar-refractivity contribution < 1.29 is 13.7 Å². The molecular weight excluding hydrogens is 230 g/mol. The molecule has 6 heteroatoms. The van der Waals surface area contributed by atoms with Crippen LogP contribution < -0.4 is 5.32 Å². The Morgan fingerprint density at radius 2 is 2.18 bits per heavy atom. The van der Waals surface area contributed by atoms with Gasteiger partial charge in [0.25, 0.3) is 0 Å². The zero-order valence-corrected chi connectivity index (χ0v) is 9.08. The number of benzene rings is 1. The Bertz CT molecular complexity index is 445. The molecule has 1 unspecified atom stereocenters. The largest absolute Gasteiger partial charge is 0.316 e. The van der Waals surface area contributed by atoms with Crippen LogP contribution in [0.2, 0.25) is 0 Å². The molecule has 1 aliphatic rings. The highest BCUT2D eigenvalue weighted by molar-refractivity contribution is 5.39. The highest BCUT2D eigenvalue weighted by Gasteiger charge is 2.27. The van der Waals surface area contributed by atoms with Crippen LogP contribution in [0.1, 0.15) is 24.3 Å². The molecule has 0 bridgehead atoms. The van der Waals surface area contributed by atoms with Gasteiger partial charge in [-0.2, -0.15) is 4.39 Å². The number of nitrogens with zero attached hydrogens (tertiary/aromatic N) is 1. The molecular formula is C11H12F2N2O2. The maximum atomic E-state index is 13.9. The van der Waals surface area contributed by atoms with Gasteiger partial charge in [-0.05, 0) is 25.5 Å². The number of nitrogens with one attached hydrogen (secondary N) is 1. The molecule has 1 aromatic carbocycles. The summed E-state index contributed by atoms with van der Waals surface area (Å²) in [7, 11) is 0. The quantitative estimate of drug-likeness (QED) is 0.639. The molecule has 1 aromatic rings. The van der Waals surface area contributed by atoms with Gasteiger partial charge >= 0.3 is 5.69 Å². The number of rotatable bonds is 2. The van der Waals surface area contributed by atoms with E-state index in [1.165, 1.54) is 0 Å². The van der Waals surface area contributed by atoms with Crippen molar-refractivity contribution in [1.82, 2.24) is 5.32 Å². The third kappa shape index (κ3) is 2.26. The molecule has 1 aliphatic heterocycles. The molecule has 4 nitrogen and oxygen atoms in total. The van der Waals surface area contributed by atoms with Crippen LogP contribution in [0.15, 0.2) is 12.1 Å². The fourth-order valence-corrected chi connectivity index (χ4v) is 2.17.